The van der Waals surface area contributed by atoms with Crippen LogP contribution in [0.4, 0.5) is 14.5 Å². The van der Waals surface area contributed by atoms with Crippen LogP contribution in [0.15, 0.2) is 47.4 Å². The summed E-state index contributed by atoms with van der Waals surface area (Å²) in [7, 11) is 2.95. The van der Waals surface area contributed by atoms with Gasteiger partial charge in [0.25, 0.3) is 0 Å². The number of benzene rings is 2. The molecule has 3 rings (SSSR count). The lowest BCUT2D eigenvalue weighted by Gasteiger charge is -2.19. The molecule has 0 amide bonds. The van der Waals surface area contributed by atoms with Crippen LogP contribution in [0.5, 0.6) is 0 Å². The largest absolute Gasteiger partial charge is 0.477 e. The van der Waals surface area contributed by atoms with Crippen molar-refractivity contribution in [1.82, 2.24) is 4.57 Å². The minimum absolute atomic E-state index is 0.175. The number of hydrogen-bond acceptors (Lipinski definition) is 3. The molecule has 0 unspecified atom stereocenters. The van der Waals surface area contributed by atoms with E-state index in [0.717, 1.165) is 12.3 Å². The molecule has 0 spiro atoms. The Morgan fingerprint density at radius 3 is 2.36 bits per heavy atom. The lowest BCUT2D eigenvalue weighted by molar-refractivity contribution is 0.0695. The fourth-order valence-corrected chi connectivity index (χ4v) is 2.76. The zero-order valence-corrected chi connectivity index (χ0v) is 13.5. The molecule has 0 saturated heterocycles. The van der Waals surface area contributed by atoms with Crippen LogP contribution in [-0.2, 0) is 0 Å². The molecule has 0 fully saturated rings. The first kappa shape index (κ1) is 16.6. The van der Waals surface area contributed by atoms with Crippen molar-refractivity contribution in [2.45, 2.75) is 0 Å². The zero-order chi connectivity index (χ0) is 18.3. The molecule has 128 valence electrons. The minimum Gasteiger partial charge on any atom is -0.477 e. The number of hydrogen-bond donors (Lipinski definition) is 1. The van der Waals surface area contributed by atoms with Crippen LogP contribution >= 0.6 is 0 Å². The summed E-state index contributed by atoms with van der Waals surface area (Å²) in [5.41, 5.74) is -1.53. The third kappa shape index (κ3) is 2.63. The highest BCUT2D eigenvalue weighted by molar-refractivity contribution is 5.94. The van der Waals surface area contributed by atoms with Crippen molar-refractivity contribution < 1.29 is 18.7 Å². The van der Waals surface area contributed by atoms with E-state index >= 15 is 4.39 Å². The Hall–Kier alpha value is -3.22. The number of nitrogens with zero attached hydrogens (tertiary/aromatic N) is 2. The maximum atomic E-state index is 15.1. The highest BCUT2D eigenvalue weighted by Gasteiger charge is 2.23. The van der Waals surface area contributed by atoms with E-state index in [1.165, 1.54) is 23.6 Å². The van der Waals surface area contributed by atoms with Gasteiger partial charge in [-0.25, -0.2) is 13.6 Å². The molecule has 0 radical (unpaired) electrons. The average molecular weight is 344 g/mol. The summed E-state index contributed by atoms with van der Waals surface area (Å²) in [5, 5.41) is 8.94. The van der Waals surface area contributed by atoms with E-state index in [4.69, 9.17) is 0 Å². The number of fused-ring (bicyclic) bond motifs is 1. The van der Waals surface area contributed by atoms with Crippen LogP contribution in [0, 0.1) is 11.6 Å². The summed E-state index contributed by atoms with van der Waals surface area (Å²) in [4.78, 5) is 25.0. The van der Waals surface area contributed by atoms with Crippen molar-refractivity contribution in [1.29, 1.82) is 0 Å². The number of rotatable bonds is 3. The van der Waals surface area contributed by atoms with Gasteiger partial charge in [-0.1, -0.05) is 18.2 Å². The molecule has 1 aromatic heterocycles. The number of halogens is 2. The van der Waals surface area contributed by atoms with Crippen LogP contribution in [0.2, 0.25) is 0 Å². The lowest BCUT2D eigenvalue weighted by atomic mass is 10.1. The number of anilines is 1. The van der Waals surface area contributed by atoms with Crippen molar-refractivity contribution in [3.8, 4) is 5.69 Å². The van der Waals surface area contributed by atoms with Crippen molar-refractivity contribution in [2.24, 2.45) is 0 Å². The first-order chi connectivity index (χ1) is 11.8. The molecule has 0 aliphatic rings. The second-order valence-electron chi connectivity index (χ2n) is 5.69. The average Bonchev–Trinajstić information content (AvgIpc) is 2.56. The van der Waals surface area contributed by atoms with E-state index < -0.39 is 28.6 Å². The number of pyridine rings is 1. The fourth-order valence-electron chi connectivity index (χ4n) is 2.76. The second kappa shape index (κ2) is 6.01. The van der Waals surface area contributed by atoms with Gasteiger partial charge in [0.15, 0.2) is 5.82 Å². The zero-order valence-electron chi connectivity index (χ0n) is 13.5. The molecular formula is C18H14F2N2O3. The topological polar surface area (TPSA) is 62.5 Å². The Bertz CT molecular complexity index is 1040. The van der Waals surface area contributed by atoms with E-state index in [1.807, 2.05) is 0 Å². The summed E-state index contributed by atoms with van der Waals surface area (Å²) in [6.07, 6.45) is 1.06. The van der Waals surface area contributed by atoms with E-state index in [1.54, 1.807) is 30.3 Å². The molecular weight excluding hydrogens is 330 g/mol. The van der Waals surface area contributed by atoms with Crippen LogP contribution in [0.25, 0.3) is 16.6 Å². The number of aromatic nitrogens is 1. The minimum atomic E-state index is -1.46. The Morgan fingerprint density at radius 2 is 1.80 bits per heavy atom. The third-order valence-corrected chi connectivity index (χ3v) is 3.87. The van der Waals surface area contributed by atoms with Gasteiger partial charge in [-0.15, -0.1) is 0 Å². The molecule has 7 heteroatoms. The Balaban J connectivity index is 2.57. The second-order valence-corrected chi connectivity index (χ2v) is 5.69. The molecule has 25 heavy (non-hydrogen) atoms. The maximum absolute atomic E-state index is 15.1. The van der Waals surface area contributed by atoms with Crippen LogP contribution in [0.1, 0.15) is 10.4 Å². The summed E-state index contributed by atoms with van der Waals surface area (Å²) < 4.78 is 30.6. The van der Waals surface area contributed by atoms with E-state index in [2.05, 4.69) is 0 Å². The van der Waals surface area contributed by atoms with Gasteiger partial charge in [0.1, 0.15) is 17.1 Å². The number of aromatic carboxylic acids is 1. The summed E-state index contributed by atoms with van der Waals surface area (Å²) >= 11 is 0. The third-order valence-electron chi connectivity index (χ3n) is 3.87. The Kier molecular flexibility index (Phi) is 4.00. The summed E-state index contributed by atoms with van der Waals surface area (Å²) in [6.45, 7) is 0. The smallest absolute Gasteiger partial charge is 0.341 e. The first-order valence-corrected chi connectivity index (χ1v) is 7.36. The molecule has 0 aliphatic heterocycles. The normalized spacial score (nSPS) is 10.9. The van der Waals surface area contributed by atoms with Gasteiger partial charge < -0.3 is 14.6 Å². The first-order valence-electron chi connectivity index (χ1n) is 7.36. The SMILES string of the molecule is CN(C)c1c(F)cc2c(=O)c(C(=O)O)cn(-c3ccccc3)c2c1F. The van der Waals surface area contributed by atoms with Crippen LogP contribution in [-0.4, -0.2) is 29.7 Å². The van der Waals surface area contributed by atoms with E-state index in [9.17, 15) is 19.1 Å². The van der Waals surface area contributed by atoms with Gasteiger partial charge in [-0.3, -0.25) is 4.79 Å². The molecule has 1 N–H and O–H groups in total. The Labute approximate surface area is 141 Å². The van der Waals surface area contributed by atoms with Gasteiger partial charge in [0.2, 0.25) is 5.43 Å². The monoisotopic (exact) mass is 344 g/mol. The quantitative estimate of drug-likeness (QED) is 0.793. The summed E-state index contributed by atoms with van der Waals surface area (Å²) in [6, 6.07) is 9.26. The number of para-hydroxylation sites is 1. The highest BCUT2D eigenvalue weighted by atomic mass is 19.1. The van der Waals surface area contributed by atoms with Gasteiger partial charge in [0.05, 0.1) is 10.9 Å². The highest BCUT2D eigenvalue weighted by Crippen LogP contribution is 2.30. The predicted octanol–water partition coefficient (Wildman–Crippen LogP) is 3.03. The number of carbonyl (C=O) groups is 1. The van der Waals surface area contributed by atoms with Crippen molar-refractivity contribution in [3.05, 3.63) is 70.0 Å². The van der Waals surface area contributed by atoms with E-state index in [0.29, 0.717) is 5.69 Å². The number of carboxylic acid groups (broad SMARTS) is 1. The molecule has 0 bridgehead atoms. The molecule has 3 aromatic rings. The molecule has 0 atom stereocenters. The van der Waals surface area contributed by atoms with Gasteiger partial charge in [-0.2, -0.15) is 0 Å². The van der Waals surface area contributed by atoms with Crippen molar-refractivity contribution >= 4 is 22.6 Å². The Morgan fingerprint density at radius 1 is 1.16 bits per heavy atom. The molecule has 0 saturated carbocycles. The van der Waals surface area contributed by atoms with Crippen molar-refractivity contribution in [2.75, 3.05) is 19.0 Å². The van der Waals surface area contributed by atoms with Crippen molar-refractivity contribution in [3.63, 3.8) is 0 Å². The van der Waals surface area contributed by atoms with Gasteiger partial charge >= 0.3 is 5.97 Å². The number of carboxylic acids is 1. The van der Waals surface area contributed by atoms with Gasteiger partial charge in [-0.05, 0) is 18.2 Å². The fraction of sp³-hybridized carbons (Fsp3) is 0.111. The summed E-state index contributed by atoms with van der Waals surface area (Å²) in [5.74, 6) is -3.33. The molecule has 2 aromatic carbocycles. The van der Waals surface area contributed by atoms with E-state index in [-0.39, 0.29) is 16.6 Å². The molecule has 1 heterocycles. The molecule has 0 aliphatic carbocycles. The molecule has 5 nitrogen and oxygen atoms in total. The van der Waals surface area contributed by atoms with Gasteiger partial charge in [0, 0.05) is 26.0 Å². The lowest BCUT2D eigenvalue weighted by Crippen LogP contribution is -2.21. The van der Waals surface area contributed by atoms with Crippen LogP contribution in [0.3, 0.4) is 0 Å². The maximum Gasteiger partial charge on any atom is 0.341 e. The predicted molar refractivity (Wildman–Crippen MR) is 90.7 cm³/mol. The van der Waals surface area contributed by atoms with Crippen LogP contribution < -0.4 is 10.3 Å². The standard InChI is InChI=1S/C18H14F2N2O3/c1-21(2)16-13(19)8-11-15(14(16)20)22(10-6-4-3-5-7-10)9-12(17(11)23)18(24)25/h3-9H,1-2H3,(H,24,25).